The normalized spacial score (nSPS) is 10.6. The van der Waals surface area contributed by atoms with E-state index in [2.05, 4.69) is 5.32 Å². The van der Waals surface area contributed by atoms with Crippen LogP contribution in [0.5, 0.6) is 11.5 Å². The van der Waals surface area contributed by atoms with Crippen LogP contribution in [0.3, 0.4) is 0 Å². The molecule has 148 valence electrons. The number of thioether (sulfide) groups is 1. The maximum Gasteiger partial charge on any atom is 0.285 e. The molecule has 1 N–H and O–H groups in total. The van der Waals surface area contributed by atoms with E-state index in [-0.39, 0.29) is 11.1 Å². The van der Waals surface area contributed by atoms with E-state index in [4.69, 9.17) is 9.47 Å². The summed E-state index contributed by atoms with van der Waals surface area (Å²) in [6.45, 7) is 2.46. The Morgan fingerprint density at radius 2 is 1.82 bits per heavy atom. The van der Waals surface area contributed by atoms with E-state index in [1.807, 2.05) is 25.1 Å². The molecule has 0 saturated carbocycles. The van der Waals surface area contributed by atoms with Gasteiger partial charge in [-0.2, -0.15) is 0 Å². The van der Waals surface area contributed by atoms with Crippen LogP contribution in [0.25, 0.3) is 6.08 Å². The zero-order valence-electron chi connectivity index (χ0n) is 16.4. The summed E-state index contributed by atoms with van der Waals surface area (Å²) < 4.78 is 10.8. The van der Waals surface area contributed by atoms with Crippen molar-refractivity contribution in [3.63, 3.8) is 0 Å². The van der Waals surface area contributed by atoms with Gasteiger partial charge in [0.15, 0.2) is 11.5 Å². The van der Waals surface area contributed by atoms with E-state index in [0.717, 1.165) is 22.2 Å². The molecule has 0 aliphatic carbocycles. The van der Waals surface area contributed by atoms with E-state index in [1.54, 1.807) is 51.5 Å². The average Bonchev–Trinajstić information content (AvgIpc) is 2.68. The third-order valence-corrected chi connectivity index (χ3v) is 4.65. The number of ether oxygens (including phenoxy) is 2. The third-order valence-electron chi connectivity index (χ3n) is 3.61. The van der Waals surface area contributed by atoms with Gasteiger partial charge >= 0.3 is 0 Å². The highest BCUT2D eigenvalue weighted by molar-refractivity contribution is 8.13. The number of nitrogens with one attached hydrogen (secondary N) is 1. The highest BCUT2D eigenvalue weighted by Gasteiger charge is 2.07. The van der Waals surface area contributed by atoms with Crippen LogP contribution in [0.2, 0.25) is 0 Å². The second kappa shape index (κ2) is 10.4. The summed E-state index contributed by atoms with van der Waals surface area (Å²) in [5.74, 6) is 1.03. The minimum absolute atomic E-state index is 0.0505. The molecule has 0 aliphatic rings. The van der Waals surface area contributed by atoms with Gasteiger partial charge in [0, 0.05) is 30.8 Å². The fourth-order valence-electron chi connectivity index (χ4n) is 2.22. The minimum atomic E-state index is -0.252. The summed E-state index contributed by atoms with van der Waals surface area (Å²) in [7, 11) is 4.98. The van der Waals surface area contributed by atoms with Crippen LogP contribution >= 0.6 is 11.8 Å². The van der Waals surface area contributed by atoms with Gasteiger partial charge in [-0.05, 0) is 66.7 Å². The van der Waals surface area contributed by atoms with Crippen molar-refractivity contribution in [3.8, 4) is 11.5 Å². The Morgan fingerprint density at radius 3 is 2.43 bits per heavy atom. The van der Waals surface area contributed by atoms with Gasteiger partial charge < -0.3 is 19.7 Å². The molecule has 28 heavy (non-hydrogen) atoms. The van der Waals surface area contributed by atoms with Crippen LogP contribution in [0, 0.1) is 0 Å². The maximum absolute atomic E-state index is 12.1. The SMILES string of the molecule is CCOc1ccc(/C=C/C(=O)Nc2ccc(SC(=O)N(C)C)cc2)cc1OC. The van der Waals surface area contributed by atoms with Crippen molar-refractivity contribution in [3.05, 3.63) is 54.1 Å². The molecular weight excluding hydrogens is 376 g/mol. The summed E-state index contributed by atoms with van der Waals surface area (Å²) in [6.07, 6.45) is 3.15. The first kappa shape index (κ1) is 21.4. The second-order valence-electron chi connectivity index (χ2n) is 5.95. The Bertz CT molecular complexity index is 848. The fraction of sp³-hybridized carbons (Fsp3) is 0.238. The predicted molar refractivity (Wildman–Crippen MR) is 113 cm³/mol. The number of hydrogen-bond donors (Lipinski definition) is 1. The summed E-state index contributed by atoms with van der Waals surface area (Å²) >= 11 is 1.13. The van der Waals surface area contributed by atoms with Crippen molar-refractivity contribution in [2.75, 3.05) is 33.1 Å². The minimum Gasteiger partial charge on any atom is -0.493 e. The van der Waals surface area contributed by atoms with E-state index in [0.29, 0.717) is 23.8 Å². The highest BCUT2D eigenvalue weighted by Crippen LogP contribution is 2.28. The lowest BCUT2D eigenvalue weighted by Gasteiger charge is -2.10. The van der Waals surface area contributed by atoms with Crippen molar-refractivity contribution >= 4 is 34.7 Å². The number of anilines is 1. The Morgan fingerprint density at radius 1 is 1.11 bits per heavy atom. The van der Waals surface area contributed by atoms with Crippen molar-refractivity contribution < 1.29 is 19.1 Å². The van der Waals surface area contributed by atoms with Crippen molar-refractivity contribution in [1.29, 1.82) is 0 Å². The molecule has 0 bridgehead atoms. The molecule has 0 saturated heterocycles. The van der Waals surface area contributed by atoms with Crippen LogP contribution < -0.4 is 14.8 Å². The van der Waals surface area contributed by atoms with Crippen LogP contribution in [0.1, 0.15) is 12.5 Å². The van der Waals surface area contributed by atoms with Crippen molar-refractivity contribution in [2.45, 2.75) is 11.8 Å². The molecule has 2 amide bonds. The Labute approximate surface area is 169 Å². The molecule has 2 aromatic rings. The summed E-state index contributed by atoms with van der Waals surface area (Å²) in [5.41, 5.74) is 1.48. The lowest BCUT2D eigenvalue weighted by Crippen LogP contribution is -2.16. The Hall–Kier alpha value is -2.93. The Kier molecular flexibility index (Phi) is 7.95. The van der Waals surface area contributed by atoms with Gasteiger partial charge in [-0.15, -0.1) is 0 Å². The van der Waals surface area contributed by atoms with Gasteiger partial charge in [-0.25, -0.2) is 0 Å². The number of methoxy groups -OCH3 is 1. The molecule has 6 nitrogen and oxygen atoms in total. The van der Waals surface area contributed by atoms with E-state index >= 15 is 0 Å². The quantitative estimate of drug-likeness (QED) is 0.547. The highest BCUT2D eigenvalue weighted by atomic mass is 32.2. The first-order valence-electron chi connectivity index (χ1n) is 8.72. The van der Waals surface area contributed by atoms with Gasteiger partial charge in [0.25, 0.3) is 5.24 Å². The summed E-state index contributed by atoms with van der Waals surface area (Å²) in [4.78, 5) is 26.2. The number of amides is 2. The maximum atomic E-state index is 12.1. The molecule has 0 radical (unpaired) electrons. The molecule has 0 heterocycles. The van der Waals surface area contributed by atoms with Crippen molar-refractivity contribution in [2.24, 2.45) is 0 Å². The summed E-state index contributed by atoms with van der Waals surface area (Å²) in [5, 5.41) is 2.74. The second-order valence-corrected chi connectivity index (χ2v) is 6.98. The largest absolute Gasteiger partial charge is 0.493 e. The fourth-order valence-corrected chi connectivity index (χ4v) is 2.87. The molecule has 0 fully saturated rings. The molecule has 2 aromatic carbocycles. The van der Waals surface area contributed by atoms with E-state index < -0.39 is 0 Å². The number of carbonyl (C=O) groups excluding carboxylic acids is 2. The number of nitrogens with zero attached hydrogens (tertiary/aromatic N) is 1. The van der Waals surface area contributed by atoms with E-state index in [1.165, 1.54) is 11.0 Å². The topological polar surface area (TPSA) is 67.9 Å². The number of hydrogen-bond acceptors (Lipinski definition) is 5. The number of rotatable bonds is 7. The van der Waals surface area contributed by atoms with Gasteiger partial charge in [-0.1, -0.05) is 6.07 Å². The third kappa shape index (κ3) is 6.35. The first-order valence-corrected chi connectivity index (χ1v) is 9.53. The smallest absolute Gasteiger partial charge is 0.285 e. The lowest BCUT2D eigenvalue weighted by molar-refractivity contribution is -0.111. The summed E-state index contributed by atoms with van der Waals surface area (Å²) in [6, 6.07) is 12.6. The number of benzene rings is 2. The molecule has 0 atom stereocenters. The van der Waals surface area contributed by atoms with Crippen LogP contribution in [0.4, 0.5) is 10.5 Å². The molecule has 0 unspecified atom stereocenters. The van der Waals surface area contributed by atoms with Gasteiger partial charge in [0.2, 0.25) is 5.91 Å². The van der Waals surface area contributed by atoms with Gasteiger partial charge in [0.05, 0.1) is 13.7 Å². The first-order chi connectivity index (χ1) is 13.4. The number of carbonyl (C=O) groups is 2. The molecular formula is C21H24N2O4S. The Balaban J connectivity index is 1.97. The molecule has 0 aliphatic heterocycles. The van der Waals surface area contributed by atoms with Crippen molar-refractivity contribution in [1.82, 2.24) is 4.90 Å². The zero-order chi connectivity index (χ0) is 20.5. The molecule has 0 spiro atoms. The standard InChI is InChI=1S/C21H24N2O4S/c1-5-27-18-12-6-15(14-19(18)26-4)7-13-20(24)22-16-8-10-17(11-9-16)28-21(25)23(2)3/h6-14H,5H2,1-4H3,(H,22,24)/b13-7+. The van der Waals surface area contributed by atoms with Gasteiger partial charge in [0.1, 0.15) is 0 Å². The monoisotopic (exact) mass is 400 g/mol. The van der Waals surface area contributed by atoms with Crippen LogP contribution in [-0.2, 0) is 4.79 Å². The molecule has 0 aromatic heterocycles. The molecule has 2 rings (SSSR count). The zero-order valence-corrected chi connectivity index (χ0v) is 17.2. The van der Waals surface area contributed by atoms with E-state index in [9.17, 15) is 9.59 Å². The average molecular weight is 401 g/mol. The molecule has 7 heteroatoms. The lowest BCUT2D eigenvalue weighted by atomic mass is 10.2. The van der Waals surface area contributed by atoms with Crippen LogP contribution in [0.15, 0.2) is 53.4 Å². The van der Waals surface area contributed by atoms with Crippen LogP contribution in [-0.4, -0.2) is 43.9 Å². The predicted octanol–water partition coefficient (Wildman–Crippen LogP) is 4.52. The van der Waals surface area contributed by atoms with Gasteiger partial charge in [-0.3, -0.25) is 9.59 Å².